The molecule has 0 spiro atoms. The monoisotopic (exact) mass is 203 g/mol. The van der Waals surface area contributed by atoms with E-state index in [1.165, 1.54) is 6.07 Å². The number of amides is 1. The second-order valence-electron chi connectivity index (χ2n) is 3.16. The zero-order valence-electron chi connectivity index (χ0n) is 8.36. The first kappa shape index (κ1) is 11.1. The van der Waals surface area contributed by atoms with Crippen molar-refractivity contribution in [3.8, 4) is 18.1 Å². The summed E-state index contributed by atoms with van der Waals surface area (Å²) in [6, 6.07) is 6.44. The van der Waals surface area contributed by atoms with Crippen LogP contribution in [0.25, 0.3) is 0 Å². The van der Waals surface area contributed by atoms with Gasteiger partial charge in [-0.1, -0.05) is 6.07 Å². The first-order chi connectivity index (χ1) is 7.22. The van der Waals surface area contributed by atoms with Crippen molar-refractivity contribution in [2.45, 2.75) is 19.3 Å². The second kappa shape index (κ2) is 5.71. The highest BCUT2D eigenvalue weighted by Crippen LogP contribution is 2.15. The van der Waals surface area contributed by atoms with E-state index in [4.69, 9.17) is 11.5 Å². The number of aromatic hydroxyl groups is 1. The number of hydrogen-bond donors (Lipinski definition) is 2. The van der Waals surface area contributed by atoms with Crippen LogP contribution >= 0.6 is 0 Å². The van der Waals surface area contributed by atoms with E-state index in [1.807, 2.05) is 0 Å². The van der Waals surface area contributed by atoms with Crippen molar-refractivity contribution >= 4 is 11.6 Å². The van der Waals surface area contributed by atoms with E-state index in [-0.39, 0.29) is 11.7 Å². The molecule has 0 saturated heterocycles. The Morgan fingerprint density at radius 2 is 2.33 bits per heavy atom. The van der Waals surface area contributed by atoms with Crippen molar-refractivity contribution in [2.24, 2.45) is 0 Å². The predicted octanol–water partition coefficient (Wildman–Crippen LogP) is 2.13. The zero-order valence-corrected chi connectivity index (χ0v) is 8.36. The van der Waals surface area contributed by atoms with Gasteiger partial charge in [0.1, 0.15) is 5.75 Å². The maximum atomic E-state index is 11.3. The van der Waals surface area contributed by atoms with E-state index in [1.54, 1.807) is 18.2 Å². The van der Waals surface area contributed by atoms with E-state index >= 15 is 0 Å². The molecular weight excluding hydrogens is 190 g/mol. The Morgan fingerprint density at radius 1 is 1.53 bits per heavy atom. The maximum absolute atomic E-state index is 11.3. The van der Waals surface area contributed by atoms with E-state index in [0.29, 0.717) is 24.9 Å². The van der Waals surface area contributed by atoms with Gasteiger partial charge >= 0.3 is 0 Å². The molecule has 0 saturated carbocycles. The average molecular weight is 203 g/mol. The Hall–Kier alpha value is -1.95. The van der Waals surface area contributed by atoms with Crippen LogP contribution in [0.3, 0.4) is 0 Å². The molecule has 0 aliphatic carbocycles. The number of phenolic OH excluding ortho intramolecular Hbond substituents is 1. The number of unbranched alkanes of at least 4 members (excludes halogenated alkanes) is 1. The number of hydrogen-bond acceptors (Lipinski definition) is 2. The van der Waals surface area contributed by atoms with E-state index in [0.717, 1.165) is 0 Å². The minimum atomic E-state index is -0.0872. The van der Waals surface area contributed by atoms with Crippen molar-refractivity contribution in [1.29, 1.82) is 0 Å². The molecule has 1 amide bonds. The highest BCUT2D eigenvalue weighted by molar-refractivity contribution is 5.90. The van der Waals surface area contributed by atoms with Crippen LogP contribution in [0.2, 0.25) is 0 Å². The molecule has 1 rings (SSSR count). The summed E-state index contributed by atoms with van der Waals surface area (Å²) in [6.07, 6.45) is 6.76. The molecule has 1 aromatic carbocycles. The van der Waals surface area contributed by atoms with Crippen LogP contribution in [0, 0.1) is 12.3 Å². The number of nitrogens with one attached hydrogen (secondary N) is 1. The SMILES string of the molecule is C#CCCCC(=O)Nc1cccc(O)c1. The van der Waals surface area contributed by atoms with Crippen LogP contribution in [0.1, 0.15) is 19.3 Å². The van der Waals surface area contributed by atoms with Gasteiger partial charge in [0.15, 0.2) is 0 Å². The second-order valence-corrected chi connectivity index (χ2v) is 3.16. The van der Waals surface area contributed by atoms with Gasteiger partial charge in [-0.05, 0) is 18.6 Å². The molecule has 0 unspecified atom stereocenters. The lowest BCUT2D eigenvalue weighted by Crippen LogP contribution is -2.10. The molecule has 0 atom stereocenters. The fourth-order valence-electron chi connectivity index (χ4n) is 1.16. The third-order valence-corrected chi connectivity index (χ3v) is 1.85. The first-order valence-electron chi connectivity index (χ1n) is 4.74. The fourth-order valence-corrected chi connectivity index (χ4v) is 1.16. The molecule has 3 nitrogen and oxygen atoms in total. The Kier molecular flexibility index (Phi) is 4.24. The number of anilines is 1. The van der Waals surface area contributed by atoms with Gasteiger partial charge in [-0.3, -0.25) is 4.79 Å². The summed E-state index contributed by atoms with van der Waals surface area (Å²) in [4.78, 5) is 11.3. The van der Waals surface area contributed by atoms with Crippen LogP contribution < -0.4 is 5.32 Å². The largest absolute Gasteiger partial charge is 0.508 e. The van der Waals surface area contributed by atoms with Gasteiger partial charge in [0.2, 0.25) is 5.91 Å². The molecule has 1 aromatic rings. The Labute approximate surface area is 89.1 Å². The zero-order chi connectivity index (χ0) is 11.1. The lowest BCUT2D eigenvalue weighted by atomic mass is 10.2. The van der Waals surface area contributed by atoms with E-state index in [2.05, 4.69) is 11.2 Å². The molecule has 15 heavy (non-hydrogen) atoms. The third-order valence-electron chi connectivity index (χ3n) is 1.85. The number of carbonyl (C=O) groups excluding carboxylic acids is 1. The van der Waals surface area contributed by atoms with Gasteiger partial charge < -0.3 is 10.4 Å². The quantitative estimate of drug-likeness (QED) is 0.581. The van der Waals surface area contributed by atoms with Crippen molar-refractivity contribution in [3.05, 3.63) is 24.3 Å². The summed E-state index contributed by atoms with van der Waals surface area (Å²) < 4.78 is 0. The van der Waals surface area contributed by atoms with Crippen LogP contribution in [0.5, 0.6) is 5.75 Å². The van der Waals surface area contributed by atoms with E-state index < -0.39 is 0 Å². The minimum absolute atomic E-state index is 0.0872. The molecule has 0 heterocycles. The van der Waals surface area contributed by atoms with Gasteiger partial charge in [-0.15, -0.1) is 12.3 Å². The van der Waals surface area contributed by atoms with E-state index in [9.17, 15) is 4.79 Å². The molecule has 2 N–H and O–H groups in total. The van der Waals surface area contributed by atoms with Gasteiger partial charge in [0.25, 0.3) is 0 Å². The van der Waals surface area contributed by atoms with Gasteiger partial charge in [0, 0.05) is 24.6 Å². The minimum Gasteiger partial charge on any atom is -0.508 e. The lowest BCUT2D eigenvalue weighted by Gasteiger charge is -2.04. The van der Waals surface area contributed by atoms with Crippen molar-refractivity contribution in [1.82, 2.24) is 0 Å². The fraction of sp³-hybridized carbons (Fsp3) is 0.250. The summed E-state index contributed by atoms with van der Waals surface area (Å²) in [5.74, 6) is 2.52. The van der Waals surface area contributed by atoms with Crippen LogP contribution in [-0.4, -0.2) is 11.0 Å². The summed E-state index contributed by atoms with van der Waals surface area (Å²) in [7, 11) is 0. The lowest BCUT2D eigenvalue weighted by molar-refractivity contribution is -0.116. The number of carbonyl (C=O) groups is 1. The first-order valence-corrected chi connectivity index (χ1v) is 4.74. The Bertz CT molecular complexity index is 379. The molecule has 3 heteroatoms. The topological polar surface area (TPSA) is 49.3 Å². The van der Waals surface area contributed by atoms with Gasteiger partial charge in [0.05, 0.1) is 0 Å². The van der Waals surface area contributed by atoms with Gasteiger partial charge in [-0.2, -0.15) is 0 Å². The molecule has 78 valence electrons. The molecule has 0 radical (unpaired) electrons. The van der Waals surface area contributed by atoms with Crippen molar-refractivity contribution < 1.29 is 9.90 Å². The highest BCUT2D eigenvalue weighted by atomic mass is 16.3. The number of rotatable bonds is 4. The molecule has 0 bridgehead atoms. The summed E-state index contributed by atoms with van der Waals surface area (Å²) in [6.45, 7) is 0. The number of terminal acetylenes is 1. The summed E-state index contributed by atoms with van der Waals surface area (Å²) in [5.41, 5.74) is 0.598. The summed E-state index contributed by atoms with van der Waals surface area (Å²) >= 11 is 0. The summed E-state index contributed by atoms with van der Waals surface area (Å²) in [5, 5.41) is 11.8. The Balaban J connectivity index is 2.42. The molecular formula is C12H13NO2. The molecule has 0 fully saturated rings. The Morgan fingerprint density at radius 3 is 3.00 bits per heavy atom. The molecule has 0 aromatic heterocycles. The highest BCUT2D eigenvalue weighted by Gasteiger charge is 2.01. The van der Waals surface area contributed by atoms with Crippen molar-refractivity contribution in [3.63, 3.8) is 0 Å². The smallest absolute Gasteiger partial charge is 0.224 e. The van der Waals surface area contributed by atoms with Gasteiger partial charge in [-0.25, -0.2) is 0 Å². The van der Waals surface area contributed by atoms with Crippen molar-refractivity contribution in [2.75, 3.05) is 5.32 Å². The number of phenols is 1. The molecule has 0 aliphatic rings. The van der Waals surface area contributed by atoms with Crippen LogP contribution in [0.15, 0.2) is 24.3 Å². The normalized spacial score (nSPS) is 9.27. The standard InChI is InChI=1S/C12H13NO2/c1-2-3-4-8-12(15)13-10-6-5-7-11(14)9-10/h1,5-7,9,14H,3-4,8H2,(H,13,15). The van der Waals surface area contributed by atoms with Crippen LogP contribution in [0.4, 0.5) is 5.69 Å². The predicted molar refractivity (Wildman–Crippen MR) is 59.4 cm³/mol. The number of benzene rings is 1. The average Bonchev–Trinajstić information content (AvgIpc) is 2.18. The molecule has 0 aliphatic heterocycles. The maximum Gasteiger partial charge on any atom is 0.224 e. The third kappa shape index (κ3) is 4.19. The van der Waals surface area contributed by atoms with Crippen LogP contribution in [-0.2, 0) is 4.79 Å².